The van der Waals surface area contributed by atoms with Crippen LogP contribution in [0.3, 0.4) is 0 Å². The Kier molecular flexibility index (Phi) is 6.92. The van der Waals surface area contributed by atoms with Crippen LogP contribution in [0.1, 0.15) is 44.1 Å². The molecule has 9 nitrogen and oxygen atoms in total. The lowest BCUT2D eigenvalue weighted by molar-refractivity contribution is 0.0133. The van der Waals surface area contributed by atoms with Gasteiger partial charge in [-0.05, 0) is 69.3 Å². The van der Waals surface area contributed by atoms with Crippen molar-refractivity contribution in [3.8, 4) is 41.2 Å². The number of piperidine rings is 1. The van der Waals surface area contributed by atoms with Crippen LogP contribution in [0.5, 0.6) is 17.6 Å². The van der Waals surface area contributed by atoms with Gasteiger partial charge in [-0.3, -0.25) is 0 Å². The second kappa shape index (κ2) is 10.9. The Labute approximate surface area is 265 Å². The number of halogens is 2. The molecule has 4 fully saturated rings. The Morgan fingerprint density at radius 3 is 2.80 bits per heavy atom. The molecule has 2 aromatic carbocycles. The monoisotopic (exact) mass is 627 g/mol. The van der Waals surface area contributed by atoms with Gasteiger partial charge in [0.15, 0.2) is 5.82 Å². The van der Waals surface area contributed by atoms with Crippen LogP contribution in [0.2, 0.25) is 0 Å². The van der Waals surface area contributed by atoms with Gasteiger partial charge < -0.3 is 29.1 Å². The number of ether oxygens (including phenoxy) is 3. The molecule has 8 rings (SSSR count). The molecule has 4 atom stereocenters. The molecule has 238 valence electrons. The molecule has 46 heavy (non-hydrogen) atoms. The Hall–Kier alpha value is -4.27. The Morgan fingerprint density at radius 2 is 1.98 bits per heavy atom. The Bertz CT molecular complexity index is 1930. The lowest BCUT2D eigenvalue weighted by atomic mass is 9.76. The van der Waals surface area contributed by atoms with Gasteiger partial charge in [0.2, 0.25) is 5.88 Å². The first-order chi connectivity index (χ1) is 22.3. The van der Waals surface area contributed by atoms with Gasteiger partial charge in [-0.2, -0.15) is 9.97 Å². The molecule has 11 heteroatoms. The number of pyridine rings is 1. The first kappa shape index (κ1) is 29.2. The number of nitrogens with zero attached hydrogens (tertiary/aromatic N) is 5. The van der Waals surface area contributed by atoms with E-state index < -0.39 is 11.6 Å². The first-order valence-electron chi connectivity index (χ1n) is 15.9. The Morgan fingerprint density at radius 1 is 1.13 bits per heavy atom. The number of fused-ring (bicyclic) bond motifs is 4. The summed E-state index contributed by atoms with van der Waals surface area (Å²) in [5, 5.41) is 11.6. The molecule has 4 heterocycles. The largest absolute Gasteiger partial charge is 0.508 e. The smallest absolute Gasteiger partial charge is 0.319 e. The number of benzene rings is 2. The molecular weight excluding hydrogens is 592 g/mol. The van der Waals surface area contributed by atoms with E-state index in [9.17, 15) is 9.50 Å². The second-order valence-electron chi connectivity index (χ2n) is 13.0. The van der Waals surface area contributed by atoms with E-state index in [0.29, 0.717) is 42.4 Å². The van der Waals surface area contributed by atoms with Gasteiger partial charge in [0.1, 0.15) is 34.0 Å². The summed E-state index contributed by atoms with van der Waals surface area (Å²) in [6.07, 6.45) is 12.1. The second-order valence-corrected chi connectivity index (χ2v) is 13.0. The minimum atomic E-state index is -0.779. The van der Waals surface area contributed by atoms with Crippen LogP contribution in [0.4, 0.5) is 14.6 Å². The molecular formula is C35H35F2N5O4. The number of aromatic nitrogens is 3. The molecule has 2 aliphatic carbocycles. The number of hydrogen-bond donors (Lipinski definition) is 1. The van der Waals surface area contributed by atoms with E-state index in [1.807, 2.05) is 0 Å². The number of morpholine rings is 1. The highest BCUT2D eigenvalue weighted by atomic mass is 19.1. The Balaban J connectivity index is 1.32. The third kappa shape index (κ3) is 4.53. The number of likely N-dealkylation sites (tertiary alicyclic amines) is 1. The molecule has 0 radical (unpaired) electrons. The number of phenolic OH excluding ortho intramolecular Hbond substituents is 1. The quantitative estimate of drug-likeness (QED) is 0.281. The summed E-state index contributed by atoms with van der Waals surface area (Å²) in [7, 11) is 3.63. The molecule has 4 unspecified atom stereocenters. The van der Waals surface area contributed by atoms with Gasteiger partial charge in [0, 0.05) is 29.0 Å². The molecule has 2 saturated heterocycles. The molecule has 2 aliphatic heterocycles. The molecule has 0 spiro atoms. The maximum Gasteiger partial charge on any atom is 0.319 e. The molecule has 0 bridgehead atoms. The summed E-state index contributed by atoms with van der Waals surface area (Å²) in [6, 6.07) is 6.08. The van der Waals surface area contributed by atoms with Crippen molar-refractivity contribution in [3.63, 3.8) is 0 Å². The van der Waals surface area contributed by atoms with Gasteiger partial charge >= 0.3 is 6.01 Å². The van der Waals surface area contributed by atoms with Crippen LogP contribution in [-0.4, -0.2) is 83.6 Å². The number of aromatic hydroxyl groups is 1. The van der Waals surface area contributed by atoms with Crippen LogP contribution in [0.25, 0.3) is 32.9 Å². The van der Waals surface area contributed by atoms with Crippen LogP contribution in [0, 0.1) is 29.4 Å². The van der Waals surface area contributed by atoms with Crippen molar-refractivity contribution >= 4 is 27.5 Å². The van der Waals surface area contributed by atoms with Crippen LogP contribution in [-0.2, 0) is 4.74 Å². The van der Waals surface area contributed by atoms with E-state index in [0.717, 1.165) is 45.1 Å². The fourth-order valence-corrected chi connectivity index (χ4v) is 8.24. The van der Waals surface area contributed by atoms with Gasteiger partial charge in [-0.15, -0.1) is 6.42 Å². The van der Waals surface area contributed by atoms with Crippen LogP contribution in [0.15, 0.2) is 24.3 Å². The fraction of sp³-hybridized carbons (Fsp3) is 0.457. The summed E-state index contributed by atoms with van der Waals surface area (Å²) < 4.78 is 50.0. The summed E-state index contributed by atoms with van der Waals surface area (Å²) in [4.78, 5) is 18.7. The standard InChI is InChI=1S/C35H35F2N5O4/c1-4-21-23(36)9-8-19-15-20(43)16-22(27(19)21)30-29(37)31-28(33(38-30)44-3)32(42-13-14-45-25-17-24(25)42)40-34(39-31)46-18-35-10-5-7-26(35)41(2)12-6-11-35/h1,8-9,15-16,24-26,43H,5-7,10-14,17-18H2,2-3H3. The molecule has 2 aromatic heterocycles. The summed E-state index contributed by atoms with van der Waals surface area (Å²) in [6.45, 7) is 2.56. The summed E-state index contributed by atoms with van der Waals surface area (Å²) in [5.74, 6) is 1.38. The van der Waals surface area contributed by atoms with Gasteiger partial charge in [-0.1, -0.05) is 18.4 Å². The van der Waals surface area contributed by atoms with Crippen molar-refractivity contribution in [3.05, 3.63) is 41.5 Å². The van der Waals surface area contributed by atoms with E-state index in [2.05, 4.69) is 32.7 Å². The van der Waals surface area contributed by atoms with Gasteiger partial charge in [0.25, 0.3) is 0 Å². The van der Waals surface area contributed by atoms with Crippen molar-refractivity contribution in [2.24, 2.45) is 5.41 Å². The van der Waals surface area contributed by atoms with Crippen LogP contribution < -0.4 is 14.4 Å². The highest BCUT2D eigenvalue weighted by Gasteiger charge is 2.49. The topological polar surface area (TPSA) is 93.1 Å². The predicted molar refractivity (Wildman–Crippen MR) is 169 cm³/mol. The number of methoxy groups -OCH3 is 1. The van der Waals surface area contributed by atoms with Crippen molar-refractivity contribution in [1.29, 1.82) is 0 Å². The zero-order chi connectivity index (χ0) is 31.7. The van der Waals surface area contributed by atoms with Crippen molar-refractivity contribution in [2.45, 2.75) is 56.7 Å². The highest BCUT2D eigenvalue weighted by molar-refractivity contribution is 6.04. The molecule has 4 aromatic rings. The third-order valence-electron chi connectivity index (χ3n) is 10.5. The normalized spacial score (nSPS) is 25.7. The number of terminal acetylenes is 1. The maximum absolute atomic E-state index is 17.0. The average molecular weight is 628 g/mol. The zero-order valence-corrected chi connectivity index (χ0v) is 25.9. The number of phenols is 1. The zero-order valence-electron chi connectivity index (χ0n) is 25.9. The predicted octanol–water partition coefficient (Wildman–Crippen LogP) is 5.44. The van der Waals surface area contributed by atoms with E-state index in [1.54, 1.807) is 0 Å². The third-order valence-corrected chi connectivity index (χ3v) is 10.5. The van der Waals surface area contributed by atoms with Crippen molar-refractivity contribution in [2.75, 3.05) is 45.4 Å². The van der Waals surface area contributed by atoms with Gasteiger partial charge in [-0.25, -0.2) is 13.8 Å². The number of anilines is 1. The van der Waals surface area contributed by atoms with Crippen LogP contribution >= 0.6 is 0 Å². The number of rotatable bonds is 6. The average Bonchev–Trinajstić information content (AvgIpc) is 3.73. The lowest BCUT2D eigenvalue weighted by Gasteiger charge is -2.44. The first-order valence-corrected chi connectivity index (χ1v) is 15.9. The van der Waals surface area contributed by atoms with Crippen molar-refractivity contribution in [1.82, 2.24) is 19.9 Å². The summed E-state index contributed by atoms with van der Waals surface area (Å²) in [5.41, 5.74) is -0.174. The van der Waals surface area contributed by atoms with E-state index >= 15 is 4.39 Å². The molecule has 0 amide bonds. The highest BCUT2D eigenvalue weighted by Crippen LogP contribution is 2.48. The fourth-order valence-electron chi connectivity index (χ4n) is 8.24. The molecule has 2 saturated carbocycles. The van der Waals surface area contributed by atoms with Crippen molar-refractivity contribution < 1.29 is 28.1 Å². The minimum Gasteiger partial charge on any atom is -0.508 e. The number of hydrogen-bond acceptors (Lipinski definition) is 9. The maximum atomic E-state index is 17.0. The SMILES string of the molecule is C#Cc1c(F)ccc2cc(O)cc(-c3nc(OC)c4c(N5CCOC6CC65)nc(OCC56CCCC5N(C)CCC6)nc4c3F)c12. The minimum absolute atomic E-state index is 0.0121. The van der Waals surface area contributed by atoms with Gasteiger partial charge in [0.05, 0.1) is 38.0 Å². The molecule has 4 aliphatic rings. The molecule has 1 N–H and O–H groups in total. The van der Waals surface area contributed by atoms with E-state index in [-0.39, 0.29) is 62.9 Å². The summed E-state index contributed by atoms with van der Waals surface area (Å²) >= 11 is 0. The van der Waals surface area contributed by atoms with E-state index in [1.165, 1.54) is 31.4 Å². The lowest BCUT2D eigenvalue weighted by Crippen LogP contribution is -2.50. The van der Waals surface area contributed by atoms with E-state index in [4.69, 9.17) is 25.6 Å².